The molecular formula is C15H32N2O. The number of nitrogens with zero attached hydrogens (tertiary/aromatic N) is 1. The highest BCUT2D eigenvalue weighted by Gasteiger charge is 2.39. The first-order chi connectivity index (χ1) is 8.41. The van der Waals surface area contributed by atoms with E-state index < -0.39 is 0 Å². The topological polar surface area (TPSA) is 38.5 Å². The molecule has 1 aliphatic heterocycles. The van der Waals surface area contributed by atoms with Crippen LogP contribution in [0.2, 0.25) is 0 Å². The van der Waals surface area contributed by atoms with E-state index >= 15 is 0 Å². The maximum absolute atomic E-state index is 6.11. The van der Waals surface area contributed by atoms with Gasteiger partial charge in [-0.15, -0.1) is 0 Å². The molecule has 1 aliphatic rings. The first-order valence-corrected chi connectivity index (χ1v) is 7.44. The second-order valence-electron chi connectivity index (χ2n) is 6.64. The third-order valence-electron chi connectivity index (χ3n) is 4.46. The first-order valence-electron chi connectivity index (χ1n) is 7.44. The quantitative estimate of drug-likeness (QED) is 0.793. The van der Waals surface area contributed by atoms with Gasteiger partial charge in [-0.25, -0.2) is 0 Å². The van der Waals surface area contributed by atoms with Crippen LogP contribution in [-0.2, 0) is 4.74 Å². The molecule has 2 N–H and O–H groups in total. The molecule has 3 nitrogen and oxygen atoms in total. The number of nitrogens with two attached hydrogens (primary N) is 1. The van der Waals surface area contributed by atoms with Gasteiger partial charge < -0.3 is 10.5 Å². The van der Waals surface area contributed by atoms with Crippen molar-refractivity contribution in [2.45, 2.75) is 58.6 Å². The molecule has 0 spiro atoms. The predicted molar refractivity (Wildman–Crippen MR) is 77.7 cm³/mol. The summed E-state index contributed by atoms with van der Waals surface area (Å²) in [7, 11) is 2.23. The normalized spacial score (nSPS) is 29.5. The van der Waals surface area contributed by atoms with Crippen molar-refractivity contribution in [1.82, 2.24) is 4.90 Å². The number of likely N-dealkylation sites (N-methyl/N-ethyl adjacent to an activating group) is 1. The Balaban J connectivity index is 2.65. The standard InChI is InChI=1S/C15H32N2O/c1-12(2)6-8-17(5)15(11-16)7-9-18-14(10-15)13(3)4/h12-14H,6-11,16H2,1-5H3. The molecule has 0 amide bonds. The second-order valence-corrected chi connectivity index (χ2v) is 6.64. The fourth-order valence-electron chi connectivity index (χ4n) is 2.74. The summed E-state index contributed by atoms with van der Waals surface area (Å²) in [5.74, 6) is 1.33. The fourth-order valence-corrected chi connectivity index (χ4v) is 2.74. The molecule has 3 heteroatoms. The largest absolute Gasteiger partial charge is 0.378 e. The van der Waals surface area contributed by atoms with Gasteiger partial charge in [-0.1, -0.05) is 27.7 Å². The van der Waals surface area contributed by atoms with Crippen LogP contribution in [0.3, 0.4) is 0 Å². The lowest BCUT2D eigenvalue weighted by molar-refractivity contribution is -0.0820. The Kier molecular flexibility index (Phi) is 6.09. The van der Waals surface area contributed by atoms with Crippen molar-refractivity contribution in [3.8, 4) is 0 Å². The Morgan fingerprint density at radius 1 is 1.33 bits per heavy atom. The minimum Gasteiger partial charge on any atom is -0.378 e. The summed E-state index contributed by atoms with van der Waals surface area (Å²) in [6, 6.07) is 0. The van der Waals surface area contributed by atoms with Crippen molar-refractivity contribution < 1.29 is 4.74 Å². The van der Waals surface area contributed by atoms with E-state index in [4.69, 9.17) is 10.5 Å². The Bertz CT molecular complexity index is 243. The molecule has 0 aromatic carbocycles. The van der Waals surface area contributed by atoms with Gasteiger partial charge in [0.1, 0.15) is 0 Å². The van der Waals surface area contributed by atoms with Gasteiger partial charge in [0.25, 0.3) is 0 Å². The lowest BCUT2D eigenvalue weighted by Crippen LogP contribution is -2.58. The molecule has 0 aromatic rings. The zero-order chi connectivity index (χ0) is 13.8. The minimum absolute atomic E-state index is 0.155. The zero-order valence-electron chi connectivity index (χ0n) is 12.9. The third-order valence-corrected chi connectivity index (χ3v) is 4.46. The van der Waals surface area contributed by atoms with E-state index in [9.17, 15) is 0 Å². The molecule has 1 fully saturated rings. The summed E-state index contributed by atoms with van der Waals surface area (Å²) < 4.78 is 5.89. The van der Waals surface area contributed by atoms with Gasteiger partial charge in [-0.3, -0.25) is 4.90 Å². The van der Waals surface area contributed by atoms with Gasteiger partial charge in [0, 0.05) is 18.7 Å². The Labute approximate surface area is 113 Å². The summed E-state index contributed by atoms with van der Waals surface area (Å²) >= 11 is 0. The average molecular weight is 256 g/mol. The van der Waals surface area contributed by atoms with Gasteiger partial charge in [0.05, 0.1) is 6.10 Å². The van der Waals surface area contributed by atoms with E-state index in [0.717, 1.165) is 38.5 Å². The maximum Gasteiger partial charge on any atom is 0.0616 e. The van der Waals surface area contributed by atoms with Crippen molar-refractivity contribution in [1.29, 1.82) is 0 Å². The van der Waals surface area contributed by atoms with Crippen LogP contribution in [0.1, 0.15) is 47.0 Å². The fraction of sp³-hybridized carbons (Fsp3) is 1.00. The highest BCUT2D eigenvalue weighted by molar-refractivity contribution is 4.96. The van der Waals surface area contributed by atoms with Crippen molar-refractivity contribution >= 4 is 0 Å². The van der Waals surface area contributed by atoms with Crippen LogP contribution >= 0.6 is 0 Å². The van der Waals surface area contributed by atoms with E-state index in [1.165, 1.54) is 6.42 Å². The molecule has 0 aromatic heterocycles. The summed E-state index contributed by atoms with van der Waals surface area (Å²) in [5.41, 5.74) is 6.27. The van der Waals surface area contributed by atoms with E-state index in [-0.39, 0.29) is 5.54 Å². The summed E-state index contributed by atoms with van der Waals surface area (Å²) in [4.78, 5) is 2.49. The molecule has 0 aliphatic carbocycles. The van der Waals surface area contributed by atoms with E-state index in [1.807, 2.05) is 0 Å². The zero-order valence-corrected chi connectivity index (χ0v) is 12.9. The molecule has 0 saturated carbocycles. The van der Waals surface area contributed by atoms with Crippen molar-refractivity contribution in [3.63, 3.8) is 0 Å². The molecule has 1 heterocycles. The molecule has 1 rings (SSSR count). The lowest BCUT2D eigenvalue weighted by Gasteiger charge is -2.47. The number of hydrogen-bond acceptors (Lipinski definition) is 3. The predicted octanol–water partition coefficient (Wildman–Crippen LogP) is 2.50. The molecule has 18 heavy (non-hydrogen) atoms. The van der Waals surface area contributed by atoms with Crippen LogP contribution < -0.4 is 5.73 Å². The Hall–Kier alpha value is -0.120. The van der Waals surface area contributed by atoms with Crippen LogP contribution in [0.15, 0.2) is 0 Å². The minimum atomic E-state index is 0.155. The van der Waals surface area contributed by atoms with Gasteiger partial charge in [0.15, 0.2) is 0 Å². The molecule has 0 bridgehead atoms. The van der Waals surface area contributed by atoms with Crippen LogP contribution in [-0.4, -0.2) is 43.3 Å². The smallest absolute Gasteiger partial charge is 0.0616 e. The van der Waals surface area contributed by atoms with Gasteiger partial charge >= 0.3 is 0 Å². The van der Waals surface area contributed by atoms with Crippen molar-refractivity contribution in [2.24, 2.45) is 17.6 Å². The van der Waals surface area contributed by atoms with Crippen LogP contribution in [0.25, 0.3) is 0 Å². The van der Waals surface area contributed by atoms with Crippen LogP contribution in [0.4, 0.5) is 0 Å². The van der Waals surface area contributed by atoms with E-state index in [1.54, 1.807) is 0 Å². The average Bonchev–Trinajstić information content (AvgIpc) is 2.35. The SMILES string of the molecule is CC(C)CCN(C)C1(CN)CCOC(C(C)C)C1. The van der Waals surface area contributed by atoms with Crippen LogP contribution in [0, 0.1) is 11.8 Å². The molecule has 1 saturated heterocycles. The third kappa shape index (κ3) is 3.94. The first kappa shape index (κ1) is 15.9. The molecule has 2 unspecified atom stereocenters. The Morgan fingerprint density at radius 2 is 2.00 bits per heavy atom. The van der Waals surface area contributed by atoms with Crippen molar-refractivity contribution in [3.05, 3.63) is 0 Å². The molecule has 2 atom stereocenters. The molecule has 108 valence electrons. The Morgan fingerprint density at radius 3 is 2.50 bits per heavy atom. The monoisotopic (exact) mass is 256 g/mol. The van der Waals surface area contributed by atoms with Gasteiger partial charge in [-0.05, 0) is 44.7 Å². The second kappa shape index (κ2) is 6.88. The molecular weight excluding hydrogens is 224 g/mol. The van der Waals surface area contributed by atoms with Crippen molar-refractivity contribution in [2.75, 3.05) is 26.7 Å². The number of ether oxygens (including phenoxy) is 1. The maximum atomic E-state index is 6.11. The number of hydrogen-bond donors (Lipinski definition) is 1. The summed E-state index contributed by atoms with van der Waals surface area (Å²) in [6.07, 6.45) is 3.76. The van der Waals surface area contributed by atoms with E-state index in [0.29, 0.717) is 12.0 Å². The molecule has 0 radical (unpaired) electrons. The summed E-state index contributed by atoms with van der Waals surface area (Å²) in [5, 5.41) is 0. The highest BCUT2D eigenvalue weighted by atomic mass is 16.5. The summed E-state index contributed by atoms with van der Waals surface area (Å²) in [6.45, 7) is 11.8. The van der Waals surface area contributed by atoms with Gasteiger partial charge in [0.2, 0.25) is 0 Å². The lowest BCUT2D eigenvalue weighted by atomic mass is 9.81. The van der Waals surface area contributed by atoms with E-state index in [2.05, 4.69) is 39.6 Å². The van der Waals surface area contributed by atoms with Crippen LogP contribution in [0.5, 0.6) is 0 Å². The van der Waals surface area contributed by atoms with Gasteiger partial charge in [-0.2, -0.15) is 0 Å². The highest BCUT2D eigenvalue weighted by Crippen LogP contribution is 2.32. The number of rotatable bonds is 6.